The zero-order chi connectivity index (χ0) is 14.4. The Bertz CT molecular complexity index is 569. The molecule has 20 heavy (non-hydrogen) atoms. The summed E-state index contributed by atoms with van der Waals surface area (Å²) in [6.45, 7) is 2.92. The van der Waals surface area contributed by atoms with Gasteiger partial charge < -0.3 is 10.6 Å². The molecule has 6 heteroatoms. The molecular formula is C14H15BrN4O. The summed E-state index contributed by atoms with van der Waals surface area (Å²) < 4.78 is 0.931. The molecule has 1 aromatic carbocycles. The highest BCUT2D eigenvalue weighted by atomic mass is 79.9. The van der Waals surface area contributed by atoms with E-state index in [1.165, 1.54) is 0 Å². The quantitative estimate of drug-likeness (QED) is 0.880. The van der Waals surface area contributed by atoms with Crippen LogP contribution in [-0.4, -0.2) is 22.6 Å². The number of rotatable bonds is 5. The predicted molar refractivity (Wildman–Crippen MR) is 82.9 cm³/mol. The van der Waals surface area contributed by atoms with Gasteiger partial charge in [0.15, 0.2) is 5.82 Å². The van der Waals surface area contributed by atoms with Gasteiger partial charge in [-0.05, 0) is 42.8 Å². The lowest BCUT2D eigenvalue weighted by Gasteiger charge is -2.06. The fraction of sp³-hybridized carbons (Fsp3) is 0.214. The highest BCUT2D eigenvalue weighted by Crippen LogP contribution is 2.12. The third-order valence-corrected chi connectivity index (χ3v) is 3.10. The molecule has 0 bridgehead atoms. The van der Waals surface area contributed by atoms with Gasteiger partial charge in [-0.3, -0.25) is 4.79 Å². The van der Waals surface area contributed by atoms with Crippen LogP contribution in [0.25, 0.3) is 0 Å². The number of hydrogen-bond donors (Lipinski definition) is 2. The van der Waals surface area contributed by atoms with E-state index in [1.807, 2.05) is 12.1 Å². The first kappa shape index (κ1) is 14.5. The third kappa shape index (κ3) is 4.03. The maximum absolute atomic E-state index is 12.0. The maximum Gasteiger partial charge on any atom is 0.256 e. The Morgan fingerprint density at radius 2 is 1.75 bits per heavy atom. The van der Waals surface area contributed by atoms with Gasteiger partial charge in [-0.15, -0.1) is 10.2 Å². The van der Waals surface area contributed by atoms with E-state index in [0.717, 1.165) is 17.4 Å². The van der Waals surface area contributed by atoms with Crippen molar-refractivity contribution < 1.29 is 4.79 Å². The van der Waals surface area contributed by atoms with E-state index < -0.39 is 0 Å². The molecular weight excluding hydrogens is 320 g/mol. The van der Waals surface area contributed by atoms with Crippen molar-refractivity contribution >= 4 is 33.5 Å². The molecule has 0 fully saturated rings. The number of anilines is 2. The van der Waals surface area contributed by atoms with Crippen molar-refractivity contribution in [2.75, 3.05) is 17.2 Å². The second kappa shape index (κ2) is 7.00. The molecule has 0 aliphatic rings. The standard InChI is InChI=1S/C14H15BrN4O/c1-2-9-16-12-7-8-13(19-18-12)17-14(20)10-3-5-11(15)6-4-10/h3-8H,2,9H2,1H3,(H,16,18)(H,17,19,20). The SMILES string of the molecule is CCCNc1ccc(NC(=O)c2ccc(Br)cc2)nn1. The van der Waals surface area contributed by atoms with E-state index in [9.17, 15) is 4.79 Å². The normalized spacial score (nSPS) is 10.1. The van der Waals surface area contributed by atoms with Crippen LogP contribution in [0, 0.1) is 0 Å². The van der Waals surface area contributed by atoms with E-state index in [-0.39, 0.29) is 5.91 Å². The van der Waals surface area contributed by atoms with Gasteiger partial charge >= 0.3 is 0 Å². The highest BCUT2D eigenvalue weighted by molar-refractivity contribution is 9.10. The zero-order valence-corrected chi connectivity index (χ0v) is 12.6. The van der Waals surface area contributed by atoms with Crippen LogP contribution in [0.5, 0.6) is 0 Å². The molecule has 0 saturated carbocycles. The van der Waals surface area contributed by atoms with Gasteiger partial charge in [0.1, 0.15) is 5.82 Å². The summed E-state index contributed by atoms with van der Waals surface area (Å²) in [5.74, 6) is 0.925. The summed E-state index contributed by atoms with van der Waals surface area (Å²) in [6, 6.07) is 10.6. The number of nitrogens with one attached hydrogen (secondary N) is 2. The van der Waals surface area contributed by atoms with E-state index in [1.54, 1.807) is 24.3 Å². The Morgan fingerprint density at radius 1 is 1.10 bits per heavy atom. The van der Waals surface area contributed by atoms with E-state index in [4.69, 9.17) is 0 Å². The molecule has 0 atom stereocenters. The van der Waals surface area contributed by atoms with E-state index in [2.05, 4.69) is 43.7 Å². The molecule has 0 saturated heterocycles. The second-order valence-corrected chi connectivity index (χ2v) is 5.11. The van der Waals surface area contributed by atoms with Crippen molar-refractivity contribution in [1.29, 1.82) is 0 Å². The fourth-order valence-corrected chi connectivity index (χ4v) is 1.80. The van der Waals surface area contributed by atoms with Crippen LogP contribution in [0.3, 0.4) is 0 Å². The number of nitrogens with zero attached hydrogens (tertiary/aromatic N) is 2. The van der Waals surface area contributed by atoms with Gasteiger partial charge in [-0.25, -0.2) is 0 Å². The van der Waals surface area contributed by atoms with Crippen molar-refractivity contribution in [1.82, 2.24) is 10.2 Å². The molecule has 2 rings (SSSR count). The summed E-state index contributed by atoms with van der Waals surface area (Å²) in [4.78, 5) is 12.0. The predicted octanol–water partition coefficient (Wildman–Crippen LogP) is 3.31. The molecule has 0 aliphatic heterocycles. The summed E-state index contributed by atoms with van der Waals surface area (Å²) in [5, 5.41) is 13.8. The second-order valence-electron chi connectivity index (χ2n) is 4.19. The monoisotopic (exact) mass is 334 g/mol. The highest BCUT2D eigenvalue weighted by Gasteiger charge is 2.06. The first-order chi connectivity index (χ1) is 9.69. The Labute approximate surface area is 125 Å². The Balaban J connectivity index is 1.99. The van der Waals surface area contributed by atoms with Crippen molar-refractivity contribution in [3.05, 3.63) is 46.4 Å². The average molecular weight is 335 g/mol. The summed E-state index contributed by atoms with van der Waals surface area (Å²) in [7, 11) is 0. The topological polar surface area (TPSA) is 66.9 Å². The molecule has 104 valence electrons. The van der Waals surface area contributed by atoms with Gasteiger partial charge in [0.05, 0.1) is 0 Å². The van der Waals surface area contributed by atoms with Crippen LogP contribution in [-0.2, 0) is 0 Å². The lowest BCUT2D eigenvalue weighted by atomic mass is 10.2. The molecule has 2 aromatic rings. The number of amides is 1. The first-order valence-electron chi connectivity index (χ1n) is 6.33. The Hall–Kier alpha value is -1.95. The first-order valence-corrected chi connectivity index (χ1v) is 7.13. The summed E-state index contributed by atoms with van der Waals surface area (Å²) >= 11 is 3.33. The number of aromatic nitrogens is 2. The van der Waals surface area contributed by atoms with Crippen molar-refractivity contribution in [2.45, 2.75) is 13.3 Å². The molecule has 0 spiro atoms. The number of hydrogen-bond acceptors (Lipinski definition) is 4. The molecule has 1 heterocycles. The minimum atomic E-state index is -0.207. The molecule has 2 N–H and O–H groups in total. The third-order valence-electron chi connectivity index (χ3n) is 2.57. The average Bonchev–Trinajstić information content (AvgIpc) is 2.47. The molecule has 0 radical (unpaired) electrons. The van der Waals surface area contributed by atoms with Crippen molar-refractivity contribution in [2.24, 2.45) is 0 Å². The van der Waals surface area contributed by atoms with E-state index >= 15 is 0 Å². The maximum atomic E-state index is 12.0. The van der Waals surface area contributed by atoms with Crippen LogP contribution in [0.2, 0.25) is 0 Å². The Kier molecular flexibility index (Phi) is 5.06. The number of halogens is 1. The Morgan fingerprint density at radius 3 is 2.35 bits per heavy atom. The number of carbonyl (C=O) groups is 1. The van der Waals surface area contributed by atoms with Crippen LogP contribution in [0.15, 0.2) is 40.9 Å². The molecule has 5 nitrogen and oxygen atoms in total. The fourth-order valence-electron chi connectivity index (χ4n) is 1.54. The van der Waals surface area contributed by atoms with E-state index in [0.29, 0.717) is 17.2 Å². The minimum Gasteiger partial charge on any atom is -0.369 e. The van der Waals surface area contributed by atoms with Crippen LogP contribution in [0.4, 0.5) is 11.6 Å². The molecule has 0 aliphatic carbocycles. The lowest BCUT2D eigenvalue weighted by Crippen LogP contribution is -2.13. The van der Waals surface area contributed by atoms with Crippen molar-refractivity contribution in [3.63, 3.8) is 0 Å². The van der Waals surface area contributed by atoms with Gasteiger partial charge in [-0.2, -0.15) is 0 Å². The lowest BCUT2D eigenvalue weighted by molar-refractivity contribution is 0.102. The van der Waals surface area contributed by atoms with Gasteiger partial charge in [0, 0.05) is 16.6 Å². The van der Waals surface area contributed by atoms with Gasteiger partial charge in [0.2, 0.25) is 0 Å². The van der Waals surface area contributed by atoms with Crippen LogP contribution in [0.1, 0.15) is 23.7 Å². The van der Waals surface area contributed by atoms with Gasteiger partial charge in [0.25, 0.3) is 5.91 Å². The van der Waals surface area contributed by atoms with Gasteiger partial charge in [-0.1, -0.05) is 22.9 Å². The summed E-state index contributed by atoms with van der Waals surface area (Å²) in [6.07, 6.45) is 1.02. The molecule has 0 unspecified atom stereocenters. The zero-order valence-electron chi connectivity index (χ0n) is 11.1. The largest absolute Gasteiger partial charge is 0.369 e. The summed E-state index contributed by atoms with van der Waals surface area (Å²) in [5.41, 5.74) is 0.572. The van der Waals surface area contributed by atoms with Crippen LogP contribution < -0.4 is 10.6 Å². The smallest absolute Gasteiger partial charge is 0.256 e. The minimum absolute atomic E-state index is 0.207. The van der Waals surface area contributed by atoms with Crippen LogP contribution >= 0.6 is 15.9 Å². The van der Waals surface area contributed by atoms with Crippen molar-refractivity contribution in [3.8, 4) is 0 Å². The molecule has 1 amide bonds. The molecule has 1 aromatic heterocycles. The number of carbonyl (C=O) groups excluding carboxylic acids is 1. The number of benzene rings is 1.